The highest BCUT2D eigenvalue weighted by Gasteiger charge is 2.22. The molecule has 2 amide bonds. The Labute approximate surface area is 122 Å². The molecule has 0 saturated carbocycles. The smallest absolute Gasteiger partial charge is 0.330 e. The summed E-state index contributed by atoms with van der Waals surface area (Å²) in [5.41, 5.74) is 0.511. The van der Waals surface area contributed by atoms with Crippen LogP contribution in [-0.2, 0) is 14.3 Å². The molecule has 1 heterocycles. The molecule has 2 rings (SSSR count). The van der Waals surface area contributed by atoms with Crippen LogP contribution >= 0.6 is 0 Å². The Hall–Kier alpha value is -2.12. The Bertz CT molecular complexity index is 474. The maximum absolute atomic E-state index is 11.8. The molecule has 7 nitrogen and oxygen atoms in total. The topological polar surface area (TPSA) is 96.9 Å². The summed E-state index contributed by atoms with van der Waals surface area (Å²) >= 11 is 0. The fraction of sp³-hybridized carbons (Fsp3) is 0.429. The van der Waals surface area contributed by atoms with Crippen LogP contribution in [0.25, 0.3) is 0 Å². The maximum atomic E-state index is 11.8. The van der Waals surface area contributed by atoms with Gasteiger partial charge in [-0.25, -0.2) is 9.59 Å². The van der Waals surface area contributed by atoms with E-state index in [0.29, 0.717) is 25.4 Å². The molecule has 3 N–H and O–H groups in total. The van der Waals surface area contributed by atoms with E-state index in [-0.39, 0.29) is 12.6 Å². The Morgan fingerprint density at radius 2 is 2.05 bits per heavy atom. The highest BCUT2D eigenvalue weighted by molar-refractivity contribution is 5.83. The molecule has 21 heavy (non-hydrogen) atoms. The van der Waals surface area contributed by atoms with Crippen LogP contribution in [-0.4, -0.2) is 49.6 Å². The van der Waals surface area contributed by atoms with Crippen LogP contribution in [0.3, 0.4) is 0 Å². The largest absolute Gasteiger partial charge is 0.479 e. The highest BCUT2D eigenvalue weighted by atomic mass is 16.6. The van der Waals surface area contributed by atoms with Crippen LogP contribution in [0.5, 0.6) is 0 Å². The molecule has 7 heteroatoms. The van der Waals surface area contributed by atoms with Crippen molar-refractivity contribution in [1.29, 1.82) is 0 Å². The zero-order chi connectivity index (χ0) is 15.1. The monoisotopic (exact) mass is 294 g/mol. The second kappa shape index (κ2) is 7.61. The predicted molar refractivity (Wildman–Crippen MR) is 73.9 cm³/mol. The van der Waals surface area contributed by atoms with Gasteiger partial charge in [0.25, 0.3) is 0 Å². The van der Waals surface area contributed by atoms with E-state index in [1.807, 2.05) is 0 Å². The molecule has 0 aliphatic carbocycles. The highest BCUT2D eigenvalue weighted by Crippen LogP contribution is 2.12. The lowest BCUT2D eigenvalue weighted by Gasteiger charge is -2.23. The SMILES string of the molecule is O=C(NCC1COCCO1)N[C@@H](C(=O)O)c1ccccc1. The first-order chi connectivity index (χ1) is 10.2. The number of hydrogen-bond donors (Lipinski definition) is 3. The lowest BCUT2D eigenvalue weighted by molar-refractivity contribution is -0.139. The minimum Gasteiger partial charge on any atom is -0.479 e. The molecular formula is C14H18N2O5. The minimum atomic E-state index is -1.12. The first kappa shape index (κ1) is 15.3. The molecule has 0 aromatic heterocycles. The summed E-state index contributed by atoms with van der Waals surface area (Å²) < 4.78 is 10.6. The molecule has 1 fully saturated rings. The van der Waals surface area contributed by atoms with Crippen molar-refractivity contribution >= 4 is 12.0 Å². The molecule has 114 valence electrons. The van der Waals surface area contributed by atoms with E-state index in [1.54, 1.807) is 30.3 Å². The number of hydrogen-bond acceptors (Lipinski definition) is 4. The quantitative estimate of drug-likeness (QED) is 0.736. The molecule has 1 unspecified atom stereocenters. The summed E-state index contributed by atoms with van der Waals surface area (Å²) in [6.45, 7) is 1.74. The number of ether oxygens (including phenoxy) is 2. The van der Waals surface area contributed by atoms with Crippen molar-refractivity contribution in [1.82, 2.24) is 10.6 Å². The van der Waals surface area contributed by atoms with Gasteiger partial charge in [0, 0.05) is 6.54 Å². The van der Waals surface area contributed by atoms with Crippen molar-refractivity contribution in [3.05, 3.63) is 35.9 Å². The van der Waals surface area contributed by atoms with Crippen molar-refractivity contribution in [2.24, 2.45) is 0 Å². The van der Waals surface area contributed by atoms with Gasteiger partial charge in [-0.3, -0.25) is 0 Å². The van der Waals surface area contributed by atoms with E-state index < -0.39 is 18.0 Å². The normalized spacial score (nSPS) is 19.5. The van der Waals surface area contributed by atoms with E-state index in [9.17, 15) is 14.7 Å². The first-order valence-corrected chi connectivity index (χ1v) is 6.68. The average Bonchev–Trinajstić information content (AvgIpc) is 2.52. The van der Waals surface area contributed by atoms with Gasteiger partial charge in [-0.05, 0) is 5.56 Å². The Kier molecular flexibility index (Phi) is 5.53. The Morgan fingerprint density at radius 1 is 1.29 bits per heavy atom. The van der Waals surface area contributed by atoms with Gasteiger partial charge >= 0.3 is 12.0 Å². The van der Waals surface area contributed by atoms with Crippen molar-refractivity contribution in [2.45, 2.75) is 12.1 Å². The number of carboxylic acid groups (broad SMARTS) is 1. The number of carbonyl (C=O) groups excluding carboxylic acids is 1. The van der Waals surface area contributed by atoms with E-state index in [1.165, 1.54) is 0 Å². The molecular weight excluding hydrogens is 276 g/mol. The van der Waals surface area contributed by atoms with Gasteiger partial charge < -0.3 is 25.2 Å². The molecule has 1 aliphatic rings. The number of aliphatic carboxylic acids is 1. The van der Waals surface area contributed by atoms with Crippen molar-refractivity contribution in [3.8, 4) is 0 Å². The summed E-state index contributed by atoms with van der Waals surface area (Å²) in [7, 11) is 0. The summed E-state index contributed by atoms with van der Waals surface area (Å²) in [5, 5.41) is 14.2. The fourth-order valence-corrected chi connectivity index (χ4v) is 1.98. The van der Waals surface area contributed by atoms with Gasteiger partial charge in [0.2, 0.25) is 0 Å². The molecule has 2 atom stereocenters. The van der Waals surface area contributed by atoms with E-state index in [4.69, 9.17) is 9.47 Å². The second-order valence-electron chi connectivity index (χ2n) is 4.60. The van der Waals surface area contributed by atoms with Gasteiger partial charge in [-0.1, -0.05) is 30.3 Å². The lowest BCUT2D eigenvalue weighted by Crippen LogP contribution is -2.45. The number of benzene rings is 1. The fourth-order valence-electron chi connectivity index (χ4n) is 1.98. The third kappa shape index (κ3) is 4.73. The molecule has 1 aromatic rings. The maximum Gasteiger partial charge on any atom is 0.330 e. The third-order valence-corrected chi connectivity index (χ3v) is 3.03. The number of urea groups is 1. The van der Waals surface area contributed by atoms with Crippen LogP contribution in [0.1, 0.15) is 11.6 Å². The van der Waals surface area contributed by atoms with Gasteiger partial charge in [-0.2, -0.15) is 0 Å². The molecule has 0 spiro atoms. The zero-order valence-corrected chi connectivity index (χ0v) is 11.5. The molecule has 1 aromatic carbocycles. The number of carbonyl (C=O) groups is 2. The van der Waals surface area contributed by atoms with Crippen LogP contribution in [0.15, 0.2) is 30.3 Å². The number of amides is 2. The van der Waals surface area contributed by atoms with E-state index in [2.05, 4.69) is 10.6 Å². The van der Waals surface area contributed by atoms with Gasteiger partial charge in [0.15, 0.2) is 6.04 Å². The second-order valence-corrected chi connectivity index (χ2v) is 4.60. The summed E-state index contributed by atoms with van der Waals surface area (Å²) in [4.78, 5) is 23.0. The van der Waals surface area contributed by atoms with Gasteiger partial charge in [0.1, 0.15) is 0 Å². The number of carboxylic acids is 1. The van der Waals surface area contributed by atoms with Crippen LogP contribution in [0.2, 0.25) is 0 Å². The average molecular weight is 294 g/mol. The van der Waals surface area contributed by atoms with Crippen LogP contribution < -0.4 is 10.6 Å². The minimum absolute atomic E-state index is 0.204. The molecule has 1 saturated heterocycles. The van der Waals surface area contributed by atoms with Crippen molar-refractivity contribution in [2.75, 3.05) is 26.4 Å². The Morgan fingerprint density at radius 3 is 2.67 bits per heavy atom. The predicted octanol–water partition coefficient (Wildman–Crippen LogP) is 0.527. The molecule has 0 radical (unpaired) electrons. The Balaban J connectivity index is 1.85. The lowest BCUT2D eigenvalue weighted by atomic mass is 10.1. The number of nitrogens with one attached hydrogen (secondary N) is 2. The summed E-state index contributed by atoms with van der Waals surface area (Å²) in [5.74, 6) is -1.12. The van der Waals surface area contributed by atoms with Crippen LogP contribution in [0, 0.1) is 0 Å². The summed E-state index contributed by atoms with van der Waals surface area (Å²) in [6.07, 6.45) is -0.204. The first-order valence-electron chi connectivity index (χ1n) is 6.68. The van der Waals surface area contributed by atoms with Gasteiger partial charge in [0.05, 0.1) is 25.9 Å². The van der Waals surface area contributed by atoms with E-state index >= 15 is 0 Å². The summed E-state index contributed by atoms with van der Waals surface area (Å²) in [6, 6.07) is 6.88. The van der Waals surface area contributed by atoms with Gasteiger partial charge in [-0.15, -0.1) is 0 Å². The molecule has 1 aliphatic heterocycles. The molecule has 0 bridgehead atoms. The van der Waals surface area contributed by atoms with E-state index in [0.717, 1.165) is 0 Å². The van der Waals surface area contributed by atoms with Crippen molar-refractivity contribution in [3.63, 3.8) is 0 Å². The van der Waals surface area contributed by atoms with Crippen LogP contribution in [0.4, 0.5) is 4.79 Å². The zero-order valence-electron chi connectivity index (χ0n) is 11.5. The third-order valence-electron chi connectivity index (χ3n) is 3.03. The van der Waals surface area contributed by atoms with Crippen molar-refractivity contribution < 1.29 is 24.2 Å². The number of rotatable bonds is 5. The standard InChI is InChI=1S/C14H18N2O5/c17-13(18)12(10-4-2-1-3-5-10)16-14(19)15-8-11-9-20-6-7-21-11/h1-5,11-12H,6-9H2,(H,17,18)(H2,15,16,19)/t11?,12-/m1/s1.